The summed E-state index contributed by atoms with van der Waals surface area (Å²) in [6, 6.07) is 0. The lowest BCUT2D eigenvalue weighted by molar-refractivity contribution is -0.150. The molecule has 0 radical (unpaired) electrons. The minimum Gasteiger partial charge on any atom is -0.481 e. The number of ether oxygens (including phenoxy) is 1. The van der Waals surface area contributed by atoms with Gasteiger partial charge in [-0.25, -0.2) is 0 Å². The van der Waals surface area contributed by atoms with Crippen LogP contribution in [0.25, 0.3) is 0 Å². The van der Waals surface area contributed by atoms with Gasteiger partial charge in [-0.05, 0) is 19.3 Å². The van der Waals surface area contributed by atoms with Gasteiger partial charge in [-0.15, -0.1) is 0 Å². The molecule has 0 fully saturated rings. The van der Waals surface area contributed by atoms with Crippen molar-refractivity contribution in [3.8, 4) is 0 Å². The summed E-state index contributed by atoms with van der Waals surface area (Å²) in [5.41, 5.74) is 0. The maximum absolute atomic E-state index is 11.3. The summed E-state index contributed by atoms with van der Waals surface area (Å²) >= 11 is 0. The Labute approximate surface area is 84.3 Å². The second-order valence-corrected chi connectivity index (χ2v) is 3.18. The van der Waals surface area contributed by atoms with Crippen molar-refractivity contribution in [3.05, 3.63) is 0 Å². The first-order chi connectivity index (χ1) is 6.61. The molecule has 0 aromatic heterocycles. The van der Waals surface area contributed by atoms with Gasteiger partial charge in [0.15, 0.2) is 0 Å². The molecule has 1 N–H and O–H groups in total. The number of rotatable bonds is 7. The topological polar surface area (TPSA) is 63.6 Å². The first kappa shape index (κ1) is 12.9. The van der Waals surface area contributed by atoms with E-state index >= 15 is 0 Å². The lowest BCUT2D eigenvalue weighted by Gasteiger charge is -2.11. The quantitative estimate of drug-likeness (QED) is 0.505. The second kappa shape index (κ2) is 7.35. The maximum atomic E-state index is 11.3. The molecule has 0 rings (SSSR count). The van der Waals surface area contributed by atoms with E-state index < -0.39 is 5.97 Å². The van der Waals surface area contributed by atoms with Gasteiger partial charge in [-0.3, -0.25) is 9.59 Å². The maximum Gasteiger partial charge on any atom is 0.308 e. The number of carbonyl (C=O) groups excluding carboxylic acids is 1. The third-order valence-electron chi connectivity index (χ3n) is 2.10. The molecule has 0 saturated carbocycles. The van der Waals surface area contributed by atoms with Gasteiger partial charge in [-0.2, -0.15) is 0 Å². The molecule has 0 bridgehead atoms. The Kier molecular flexibility index (Phi) is 6.80. The fourth-order valence-electron chi connectivity index (χ4n) is 1.14. The van der Waals surface area contributed by atoms with Crippen molar-refractivity contribution >= 4 is 11.9 Å². The molecule has 0 saturated heterocycles. The van der Waals surface area contributed by atoms with Gasteiger partial charge in [-0.1, -0.05) is 13.8 Å². The molecule has 0 unspecified atom stereocenters. The average molecular weight is 202 g/mol. The molecule has 0 aromatic carbocycles. The predicted octanol–water partition coefficient (Wildman–Crippen LogP) is 1.83. The zero-order valence-corrected chi connectivity index (χ0v) is 8.78. The summed E-state index contributed by atoms with van der Waals surface area (Å²) in [7, 11) is 0. The third-order valence-corrected chi connectivity index (χ3v) is 2.10. The van der Waals surface area contributed by atoms with Crippen LogP contribution in [0.3, 0.4) is 0 Å². The van der Waals surface area contributed by atoms with E-state index in [9.17, 15) is 9.59 Å². The molecule has 4 nitrogen and oxygen atoms in total. The standard InChI is InChI=1S/C10H18O4/c1-3-8(4-2)10(13)14-7-5-6-9(11)12/h8H,3-7H2,1-2H3,(H,11,12). The van der Waals surface area contributed by atoms with Crippen LogP contribution in [0.5, 0.6) is 0 Å². The summed E-state index contributed by atoms with van der Waals surface area (Å²) in [6.07, 6.45) is 1.99. The van der Waals surface area contributed by atoms with Crippen LogP contribution in [0.4, 0.5) is 0 Å². The van der Waals surface area contributed by atoms with Crippen LogP contribution in [-0.2, 0) is 14.3 Å². The molecular formula is C10H18O4. The molecule has 0 aliphatic heterocycles. The first-order valence-electron chi connectivity index (χ1n) is 5.00. The van der Waals surface area contributed by atoms with E-state index in [0.29, 0.717) is 6.42 Å². The average Bonchev–Trinajstić information content (AvgIpc) is 2.14. The van der Waals surface area contributed by atoms with Crippen molar-refractivity contribution in [1.29, 1.82) is 0 Å². The van der Waals surface area contributed by atoms with Crippen LogP contribution in [0.2, 0.25) is 0 Å². The molecule has 4 heteroatoms. The van der Waals surface area contributed by atoms with E-state index in [1.54, 1.807) is 0 Å². The van der Waals surface area contributed by atoms with E-state index in [2.05, 4.69) is 0 Å². The summed E-state index contributed by atoms with van der Waals surface area (Å²) in [6.45, 7) is 4.08. The zero-order valence-electron chi connectivity index (χ0n) is 8.78. The highest BCUT2D eigenvalue weighted by molar-refractivity contribution is 5.72. The van der Waals surface area contributed by atoms with Crippen molar-refractivity contribution in [3.63, 3.8) is 0 Å². The minimum atomic E-state index is -0.858. The lowest BCUT2D eigenvalue weighted by Crippen LogP contribution is -2.17. The Morgan fingerprint density at radius 2 is 1.86 bits per heavy atom. The molecule has 0 aliphatic carbocycles. The van der Waals surface area contributed by atoms with Crippen LogP contribution < -0.4 is 0 Å². The SMILES string of the molecule is CCC(CC)C(=O)OCCCC(=O)O. The van der Waals surface area contributed by atoms with Crippen molar-refractivity contribution in [2.45, 2.75) is 39.5 Å². The number of carbonyl (C=O) groups is 2. The number of carboxylic acid groups (broad SMARTS) is 1. The largest absolute Gasteiger partial charge is 0.481 e. The normalized spacial score (nSPS) is 10.2. The highest BCUT2D eigenvalue weighted by Crippen LogP contribution is 2.09. The van der Waals surface area contributed by atoms with Gasteiger partial charge >= 0.3 is 11.9 Å². The number of carboxylic acids is 1. The summed E-state index contributed by atoms with van der Waals surface area (Å²) < 4.78 is 4.93. The number of hydrogen-bond donors (Lipinski definition) is 1. The Morgan fingerprint density at radius 1 is 1.29 bits per heavy atom. The number of hydrogen-bond acceptors (Lipinski definition) is 3. The predicted molar refractivity (Wildman–Crippen MR) is 51.9 cm³/mol. The van der Waals surface area contributed by atoms with E-state index in [4.69, 9.17) is 9.84 Å². The van der Waals surface area contributed by atoms with Gasteiger partial charge in [0.05, 0.1) is 12.5 Å². The van der Waals surface area contributed by atoms with Crippen LogP contribution in [-0.4, -0.2) is 23.7 Å². The fourth-order valence-corrected chi connectivity index (χ4v) is 1.14. The van der Waals surface area contributed by atoms with Crippen LogP contribution in [0.1, 0.15) is 39.5 Å². The molecule has 0 aliphatic rings. The van der Waals surface area contributed by atoms with Crippen LogP contribution in [0.15, 0.2) is 0 Å². The van der Waals surface area contributed by atoms with Crippen LogP contribution >= 0.6 is 0 Å². The van der Waals surface area contributed by atoms with E-state index in [1.807, 2.05) is 13.8 Å². The van der Waals surface area contributed by atoms with Gasteiger partial charge in [0.25, 0.3) is 0 Å². The minimum absolute atomic E-state index is 0.0418. The number of aliphatic carboxylic acids is 1. The molecule has 0 amide bonds. The van der Waals surface area contributed by atoms with E-state index in [0.717, 1.165) is 12.8 Å². The van der Waals surface area contributed by atoms with Crippen molar-refractivity contribution in [2.24, 2.45) is 5.92 Å². The Morgan fingerprint density at radius 3 is 2.29 bits per heavy atom. The Bertz CT molecular complexity index is 185. The molecule has 0 heterocycles. The highest BCUT2D eigenvalue weighted by atomic mass is 16.5. The summed E-state index contributed by atoms with van der Waals surface area (Å²) in [4.78, 5) is 21.4. The van der Waals surface area contributed by atoms with Crippen molar-refractivity contribution in [1.82, 2.24) is 0 Å². The summed E-state index contributed by atoms with van der Waals surface area (Å²) in [5.74, 6) is -1.11. The van der Waals surface area contributed by atoms with Gasteiger partial charge in [0.2, 0.25) is 0 Å². The molecule has 14 heavy (non-hydrogen) atoms. The lowest BCUT2D eigenvalue weighted by atomic mass is 10.0. The van der Waals surface area contributed by atoms with Gasteiger partial charge < -0.3 is 9.84 Å². The highest BCUT2D eigenvalue weighted by Gasteiger charge is 2.15. The third kappa shape index (κ3) is 5.56. The first-order valence-corrected chi connectivity index (χ1v) is 5.00. The number of esters is 1. The molecule has 0 atom stereocenters. The second-order valence-electron chi connectivity index (χ2n) is 3.18. The summed E-state index contributed by atoms with van der Waals surface area (Å²) in [5, 5.41) is 8.34. The smallest absolute Gasteiger partial charge is 0.308 e. The van der Waals surface area contributed by atoms with Gasteiger partial charge in [0.1, 0.15) is 0 Å². The Hall–Kier alpha value is -1.06. The fraction of sp³-hybridized carbons (Fsp3) is 0.800. The molecule has 0 aromatic rings. The van der Waals surface area contributed by atoms with Gasteiger partial charge in [0, 0.05) is 6.42 Å². The zero-order chi connectivity index (χ0) is 11.0. The molecule has 82 valence electrons. The van der Waals surface area contributed by atoms with E-state index in [-0.39, 0.29) is 24.9 Å². The molecule has 0 spiro atoms. The van der Waals surface area contributed by atoms with Crippen molar-refractivity contribution in [2.75, 3.05) is 6.61 Å². The van der Waals surface area contributed by atoms with Crippen LogP contribution in [0, 0.1) is 5.92 Å². The van der Waals surface area contributed by atoms with Crippen molar-refractivity contribution < 1.29 is 19.4 Å². The molecular weight excluding hydrogens is 184 g/mol. The monoisotopic (exact) mass is 202 g/mol. The van der Waals surface area contributed by atoms with E-state index in [1.165, 1.54) is 0 Å². The Balaban J connectivity index is 3.57.